The first-order valence-electron chi connectivity index (χ1n) is 6.56. The van der Waals surface area contributed by atoms with Crippen LogP contribution in [0.2, 0.25) is 0 Å². The Labute approximate surface area is 101 Å². The fourth-order valence-corrected chi connectivity index (χ4v) is 3.57. The second-order valence-electron chi connectivity index (χ2n) is 5.39. The summed E-state index contributed by atoms with van der Waals surface area (Å²) in [7, 11) is 0. The minimum atomic E-state index is -0.0127. The number of aromatic nitrogens is 2. The van der Waals surface area contributed by atoms with Crippen LogP contribution in [0, 0.1) is 18.8 Å². The first-order valence-corrected chi connectivity index (χ1v) is 6.56. The van der Waals surface area contributed by atoms with E-state index in [1.165, 1.54) is 25.7 Å². The summed E-state index contributed by atoms with van der Waals surface area (Å²) in [4.78, 5) is 19.1. The Bertz CT molecular complexity index is 426. The molecule has 92 valence electrons. The van der Waals surface area contributed by atoms with E-state index in [0.29, 0.717) is 11.7 Å². The summed E-state index contributed by atoms with van der Waals surface area (Å²) in [5.74, 6) is 1.57. The number of carbonyl (C=O) groups is 1. The van der Waals surface area contributed by atoms with E-state index < -0.39 is 0 Å². The molecule has 1 aromatic heterocycles. The molecule has 0 unspecified atom stereocenters. The van der Waals surface area contributed by atoms with Crippen LogP contribution in [-0.2, 0) is 0 Å². The van der Waals surface area contributed by atoms with Gasteiger partial charge in [-0.3, -0.25) is 4.79 Å². The van der Waals surface area contributed by atoms with Gasteiger partial charge in [-0.15, -0.1) is 0 Å². The minimum absolute atomic E-state index is 0.0127. The van der Waals surface area contributed by atoms with Gasteiger partial charge in [-0.2, -0.15) is 0 Å². The Morgan fingerprint density at radius 3 is 3.06 bits per heavy atom. The highest BCUT2D eigenvalue weighted by atomic mass is 16.2. The summed E-state index contributed by atoms with van der Waals surface area (Å²) in [5.41, 5.74) is 1.40. The summed E-state index contributed by atoms with van der Waals surface area (Å²) >= 11 is 0. The largest absolute Gasteiger partial charge is 0.348 e. The highest BCUT2D eigenvalue weighted by molar-refractivity contribution is 5.93. The van der Waals surface area contributed by atoms with Crippen LogP contribution in [0.4, 0.5) is 0 Å². The number of aromatic amines is 1. The van der Waals surface area contributed by atoms with E-state index in [1.54, 1.807) is 6.33 Å². The van der Waals surface area contributed by atoms with Crippen LogP contribution in [0.5, 0.6) is 0 Å². The summed E-state index contributed by atoms with van der Waals surface area (Å²) < 4.78 is 0. The van der Waals surface area contributed by atoms with E-state index in [1.807, 2.05) is 6.92 Å². The van der Waals surface area contributed by atoms with Crippen molar-refractivity contribution >= 4 is 5.91 Å². The minimum Gasteiger partial charge on any atom is -0.348 e. The highest BCUT2D eigenvalue weighted by Crippen LogP contribution is 2.43. The number of nitrogens with zero attached hydrogens (tertiary/aromatic N) is 1. The van der Waals surface area contributed by atoms with Crippen LogP contribution in [-0.4, -0.2) is 21.9 Å². The Hall–Kier alpha value is -1.32. The van der Waals surface area contributed by atoms with Gasteiger partial charge in [0, 0.05) is 11.7 Å². The number of imidazole rings is 1. The van der Waals surface area contributed by atoms with Gasteiger partial charge in [-0.25, -0.2) is 4.98 Å². The molecule has 0 aliphatic heterocycles. The van der Waals surface area contributed by atoms with Crippen molar-refractivity contribution in [2.75, 3.05) is 0 Å². The van der Waals surface area contributed by atoms with E-state index in [9.17, 15) is 4.79 Å². The van der Waals surface area contributed by atoms with Gasteiger partial charge in [0.2, 0.25) is 0 Å². The average Bonchev–Trinajstić information content (AvgIpc) is 2.96. The maximum absolute atomic E-state index is 12.1. The Morgan fingerprint density at radius 2 is 2.29 bits per heavy atom. The van der Waals surface area contributed by atoms with Crippen molar-refractivity contribution in [2.24, 2.45) is 11.8 Å². The summed E-state index contributed by atoms with van der Waals surface area (Å²) in [6, 6.07) is 0.381. The standard InChI is InChI=1S/C13H19N3O/c1-8-12(15-7-14-8)13(17)16-11-6-5-9-3-2-4-10(9)11/h7,9-11H,2-6H2,1H3,(H,14,15)(H,16,17)/t9-,10-,11-/m1/s1. The molecule has 2 aliphatic carbocycles. The summed E-state index contributed by atoms with van der Waals surface area (Å²) in [6.07, 6.45) is 7.99. The van der Waals surface area contributed by atoms with E-state index >= 15 is 0 Å². The molecule has 0 radical (unpaired) electrons. The first-order chi connectivity index (χ1) is 8.25. The molecule has 0 spiro atoms. The van der Waals surface area contributed by atoms with Gasteiger partial charge >= 0.3 is 0 Å². The fraction of sp³-hybridized carbons (Fsp3) is 0.692. The van der Waals surface area contributed by atoms with Crippen LogP contribution in [0.15, 0.2) is 6.33 Å². The molecule has 2 saturated carbocycles. The fourth-order valence-electron chi connectivity index (χ4n) is 3.57. The zero-order valence-corrected chi connectivity index (χ0v) is 10.2. The number of nitrogens with one attached hydrogen (secondary N) is 2. The number of H-pyrrole nitrogens is 1. The molecule has 2 aliphatic rings. The number of fused-ring (bicyclic) bond motifs is 1. The number of aryl methyl sites for hydroxylation is 1. The molecular weight excluding hydrogens is 214 g/mol. The van der Waals surface area contributed by atoms with E-state index in [2.05, 4.69) is 15.3 Å². The van der Waals surface area contributed by atoms with Crippen molar-refractivity contribution in [3.05, 3.63) is 17.7 Å². The Balaban J connectivity index is 1.68. The highest BCUT2D eigenvalue weighted by Gasteiger charge is 2.39. The lowest BCUT2D eigenvalue weighted by Gasteiger charge is -2.19. The third-order valence-corrected chi connectivity index (χ3v) is 4.44. The smallest absolute Gasteiger partial charge is 0.271 e. The van der Waals surface area contributed by atoms with Gasteiger partial charge in [0.15, 0.2) is 0 Å². The Kier molecular flexibility index (Phi) is 2.65. The maximum Gasteiger partial charge on any atom is 0.271 e. The topological polar surface area (TPSA) is 57.8 Å². The van der Waals surface area contributed by atoms with Gasteiger partial charge in [0.25, 0.3) is 5.91 Å². The van der Waals surface area contributed by atoms with E-state index in [0.717, 1.165) is 24.0 Å². The van der Waals surface area contributed by atoms with Gasteiger partial charge in [-0.1, -0.05) is 12.8 Å². The second-order valence-corrected chi connectivity index (χ2v) is 5.39. The van der Waals surface area contributed by atoms with Gasteiger partial charge < -0.3 is 10.3 Å². The predicted molar refractivity (Wildman–Crippen MR) is 64.6 cm³/mol. The van der Waals surface area contributed by atoms with Crippen molar-refractivity contribution < 1.29 is 4.79 Å². The van der Waals surface area contributed by atoms with Crippen molar-refractivity contribution in [1.82, 2.24) is 15.3 Å². The molecule has 2 N–H and O–H groups in total. The third kappa shape index (κ3) is 1.85. The molecule has 2 fully saturated rings. The number of carbonyl (C=O) groups excluding carboxylic acids is 1. The molecule has 3 atom stereocenters. The molecule has 17 heavy (non-hydrogen) atoms. The van der Waals surface area contributed by atoms with Crippen molar-refractivity contribution in [3.63, 3.8) is 0 Å². The molecular formula is C13H19N3O. The van der Waals surface area contributed by atoms with Crippen molar-refractivity contribution in [2.45, 2.75) is 45.1 Å². The number of hydrogen-bond acceptors (Lipinski definition) is 2. The second kappa shape index (κ2) is 4.17. The summed E-state index contributed by atoms with van der Waals surface area (Å²) in [6.45, 7) is 1.88. The lowest BCUT2D eigenvalue weighted by Crippen LogP contribution is -2.38. The molecule has 0 aromatic carbocycles. The third-order valence-electron chi connectivity index (χ3n) is 4.44. The zero-order valence-electron chi connectivity index (χ0n) is 10.2. The molecule has 0 bridgehead atoms. The predicted octanol–water partition coefficient (Wildman–Crippen LogP) is 2.03. The molecule has 4 heteroatoms. The monoisotopic (exact) mass is 233 g/mol. The van der Waals surface area contributed by atoms with Gasteiger partial charge in [0.05, 0.1) is 6.33 Å². The van der Waals surface area contributed by atoms with Crippen LogP contribution >= 0.6 is 0 Å². The molecule has 4 nitrogen and oxygen atoms in total. The molecule has 1 aromatic rings. The van der Waals surface area contributed by atoms with Crippen molar-refractivity contribution in [1.29, 1.82) is 0 Å². The molecule has 0 saturated heterocycles. The first kappa shape index (κ1) is 10.8. The zero-order chi connectivity index (χ0) is 11.8. The molecule has 1 amide bonds. The van der Waals surface area contributed by atoms with E-state index in [-0.39, 0.29) is 5.91 Å². The van der Waals surface area contributed by atoms with Crippen LogP contribution in [0.3, 0.4) is 0 Å². The average molecular weight is 233 g/mol. The number of hydrogen-bond donors (Lipinski definition) is 2. The lowest BCUT2D eigenvalue weighted by atomic mass is 9.97. The summed E-state index contributed by atoms with van der Waals surface area (Å²) in [5, 5.41) is 3.17. The maximum atomic E-state index is 12.1. The van der Waals surface area contributed by atoms with Gasteiger partial charge in [-0.05, 0) is 38.0 Å². The van der Waals surface area contributed by atoms with E-state index in [4.69, 9.17) is 0 Å². The molecule has 1 heterocycles. The Morgan fingerprint density at radius 1 is 1.41 bits per heavy atom. The lowest BCUT2D eigenvalue weighted by molar-refractivity contribution is 0.0921. The molecule has 3 rings (SSSR count). The van der Waals surface area contributed by atoms with Crippen LogP contribution < -0.4 is 5.32 Å². The van der Waals surface area contributed by atoms with Gasteiger partial charge in [0.1, 0.15) is 5.69 Å². The van der Waals surface area contributed by atoms with Crippen LogP contribution in [0.1, 0.15) is 48.3 Å². The SMILES string of the molecule is Cc1[nH]cnc1C(=O)N[C@@H]1CC[C@H]2CCC[C@H]21. The van der Waals surface area contributed by atoms with Crippen molar-refractivity contribution in [3.8, 4) is 0 Å². The quantitative estimate of drug-likeness (QED) is 0.821. The normalized spacial score (nSPS) is 31.5. The van der Waals surface area contributed by atoms with Crippen LogP contribution in [0.25, 0.3) is 0 Å². The number of amides is 1. The number of rotatable bonds is 2.